The third-order valence-corrected chi connectivity index (χ3v) is 3.67. The summed E-state index contributed by atoms with van der Waals surface area (Å²) in [5, 5.41) is 13.0. The van der Waals surface area contributed by atoms with Gasteiger partial charge in [-0.15, -0.1) is 0 Å². The molecule has 2 unspecified atom stereocenters. The standard InChI is InChI=1S/C15H16N2O/c1-16-13-10-6-7-11-14(13)17(2,18)15(16)12-8-4-3-5-9-12/h3-11,15H,1-2H3. The number of nitrogens with zero attached hydrogens (tertiary/aromatic N) is 2. The predicted octanol–water partition coefficient (Wildman–Crippen LogP) is 3.27. The minimum absolute atomic E-state index is 0.205. The number of hydrogen-bond acceptors (Lipinski definition) is 2. The van der Waals surface area contributed by atoms with Crippen LogP contribution in [0.1, 0.15) is 11.7 Å². The van der Waals surface area contributed by atoms with Gasteiger partial charge in [-0.2, -0.15) is 0 Å². The second-order valence-corrected chi connectivity index (χ2v) is 4.87. The first kappa shape index (κ1) is 11.3. The van der Waals surface area contributed by atoms with Crippen molar-refractivity contribution in [3.05, 3.63) is 65.4 Å². The first-order valence-corrected chi connectivity index (χ1v) is 6.07. The quantitative estimate of drug-likeness (QED) is 0.565. The van der Waals surface area contributed by atoms with E-state index in [4.69, 9.17) is 0 Å². The van der Waals surface area contributed by atoms with Crippen LogP contribution < -0.4 is 9.55 Å². The van der Waals surface area contributed by atoms with Crippen LogP contribution in [0.25, 0.3) is 0 Å². The molecule has 0 fully saturated rings. The van der Waals surface area contributed by atoms with Gasteiger partial charge in [-0.05, 0) is 6.07 Å². The number of hydrogen-bond donors (Lipinski definition) is 0. The van der Waals surface area contributed by atoms with Crippen LogP contribution in [0.2, 0.25) is 0 Å². The molecule has 0 bridgehead atoms. The van der Waals surface area contributed by atoms with Crippen molar-refractivity contribution in [3.63, 3.8) is 0 Å². The first-order chi connectivity index (χ1) is 8.62. The molecule has 0 radical (unpaired) electrons. The van der Waals surface area contributed by atoms with Crippen molar-refractivity contribution in [2.75, 3.05) is 19.0 Å². The van der Waals surface area contributed by atoms with Crippen molar-refractivity contribution in [3.8, 4) is 0 Å². The van der Waals surface area contributed by atoms with Crippen LogP contribution in [0.3, 0.4) is 0 Å². The molecule has 3 heteroatoms. The van der Waals surface area contributed by atoms with Gasteiger partial charge in [0.1, 0.15) is 5.69 Å². The van der Waals surface area contributed by atoms with E-state index >= 15 is 0 Å². The highest BCUT2D eigenvalue weighted by Crippen LogP contribution is 2.48. The molecule has 0 aliphatic carbocycles. The van der Waals surface area contributed by atoms with E-state index in [2.05, 4.69) is 4.90 Å². The monoisotopic (exact) mass is 240 g/mol. The zero-order valence-electron chi connectivity index (χ0n) is 10.6. The van der Waals surface area contributed by atoms with Crippen molar-refractivity contribution < 1.29 is 0 Å². The van der Waals surface area contributed by atoms with E-state index in [9.17, 15) is 5.21 Å². The van der Waals surface area contributed by atoms with Crippen molar-refractivity contribution in [1.29, 1.82) is 0 Å². The topological polar surface area (TPSA) is 26.3 Å². The molecule has 0 N–H and O–H groups in total. The number of quaternary nitrogens is 1. The molecule has 18 heavy (non-hydrogen) atoms. The van der Waals surface area contributed by atoms with Gasteiger partial charge in [-0.1, -0.05) is 42.5 Å². The van der Waals surface area contributed by atoms with Gasteiger partial charge in [0.05, 0.1) is 7.05 Å². The van der Waals surface area contributed by atoms with Gasteiger partial charge in [0.2, 0.25) is 0 Å². The summed E-state index contributed by atoms with van der Waals surface area (Å²) in [4.78, 5) is 2.07. The first-order valence-electron chi connectivity index (χ1n) is 6.07. The zero-order chi connectivity index (χ0) is 12.8. The molecule has 0 spiro atoms. The van der Waals surface area contributed by atoms with Gasteiger partial charge in [0, 0.05) is 18.7 Å². The van der Waals surface area contributed by atoms with E-state index in [1.165, 1.54) is 0 Å². The van der Waals surface area contributed by atoms with Gasteiger partial charge >= 0.3 is 0 Å². The van der Waals surface area contributed by atoms with Crippen LogP contribution in [0, 0.1) is 5.21 Å². The van der Waals surface area contributed by atoms with E-state index in [0.717, 1.165) is 16.9 Å². The third kappa shape index (κ3) is 1.45. The zero-order valence-corrected chi connectivity index (χ0v) is 10.6. The highest BCUT2D eigenvalue weighted by Gasteiger charge is 2.41. The Kier molecular flexibility index (Phi) is 2.40. The van der Waals surface area contributed by atoms with E-state index in [0.29, 0.717) is 0 Å². The van der Waals surface area contributed by atoms with Crippen LogP contribution in [0.15, 0.2) is 54.6 Å². The Morgan fingerprint density at radius 1 is 1.00 bits per heavy atom. The van der Waals surface area contributed by atoms with Gasteiger partial charge < -0.3 is 14.8 Å². The summed E-state index contributed by atoms with van der Waals surface area (Å²) in [5.74, 6) is 0. The Hall–Kier alpha value is -1.84. The molecule has 0 aromatic heterocycles. The fraction of sp³-hybridized carbons (Fsp3) is 0.200. The molecule has 2 aromatic rings. The normalized spacial score (nSPS) is 26.2. The van der Waals surface area contributed by atoms with Crippen LogP contribution in [0.4, 0.5) is 11.4 Å². The van der Waals surface area contributed by atoms with Crippen molar-refractivity contribution >= 4 is 11.4 Å². The van der Waals surface area contributed by atoms with Crippen molar-refractivity contribution in [2.24, 2.45) is 0 Å². The number of rotatable bonds is 1. The Balaban J connectivity index is 2.15. The summed E-state index contributed by atoms with van der Waals surface area (Å²) in [6.07, 6.45) is -0.205. The van der Waals surface area contributed by atoms with E-state index in [1.807, 2.05) is 61.6 Å². The van der Waals surface area contributed by atoms with Crippen LogP contribution >= 0.6 is 0 Å². The number of benzene rings is 2. The SMILES string of the molecule is CN1c2ccccc2[N+](C)([O-])C1c1ccccc1. The molecule has 1 aliphatic rings. The highest BCUT2D eigenvalue weighted by atomic mass is 16.6. The fourth-order valence-electron chi connectivity index (χ4n) is 2.87. The number of fused-ring (bicyclic) bond motifs is 1. The molecular formula is C15H16N2O. The summed E-state index contributed by atoms with van der Waals surface area (Å²) in [6, 6.07) is 17.8. The van der Waals surface area contributed by atoms with Gasteiger partial charge in [0.25, 0.3) is 0 Å². The Morgan fingerprint density at radius 3 is 2.28 bits per heavy atom. The summed E-state index contributed by atoms with van der Waals surface area (Å²) in [5.41, 5.74) is 2.89. The average Bonchev–Trinajstić information content (AvgIpc) is 2.59. The summed E-state index contributed by atoms with van der Waals surface area (Å²) in [6.45, 7) is 0. The highest BCUT2D eigenvalue weighted by molar-refractivity contribution is 5.75. The lowest BCUT2D eigenvalue weighted by atomic mass is 10.1. The second kappa shape index (κ2) is 3.83. The predicted molar refractivity (Wildman–Crippen MR) is 75.1 cm³/mol. The maximum Gasteiger partial charge on any atom is 0.195 e. The molecular weight excluding hydrogens is 224 g/mol. The van der Waals surface area contributed by atoms with Gasteiger partial charge in [-0.3, -0.25) is 0 Å². The lowest BCUT2D eigenvalue weighted by Crippen LogP contribution is -2.44. The molecule has 3 rings (SSSR count). The minimum atomic E-state index is -0.378. The summed E-state index contributed by atoms with van der Waals surface area (Å²) in [7, 11) is 3.71. The maximum absolute atomic E-state index is 13.0. The van der Waals surface area contributed by atoms with Crippen molar-refractivity contribution in [2.45, 2.75) is 6.17 Å². The average molecular weight is 240 g/mol. The Labute approximate surface area is 107 Å². The Morgan fingerprint density at radius 2 is 1.61 bits per heavy atom. The smallest absolute Gasteiger partial charge is 0.195 e. The summed E-state index contributed by atoms with van der Waals surface area (Å²) < 4.78 is -0.378. The number of hydroxylamine groups is 2. The van der Waals surface area contributed by atoms with Gasteiger partial charge in [0.15, 0.2) is 11.9 Å². The van der Waals surface area contributed by atoms with Gasteiger partial charge in [-0.25, -0.2) is 0 Å². The molecule has 0 amide bonds. The molecule has 3 nitrogen and oxygen atoms in total. The molecule has 2 atom stereocenters. The molecule has 1 aliphatic heterocycles. The molecule has 0 saturated heterocycles. The maximum atomic E-state index is 13.0. The molecule has 1 heterocycles. The minimum Gasteiger partial charge on any atom is -0.626 e. The van der Waals surface area contributed by atoms with Crippen molar-refractivity contribution in [1.82, 2.24) is 4.65 Å². The largest absolute Gasteiger partial charge is 0.626 e. The fourth-order valence-corrected chi connectivity index (χ4v) is 2.87. The number of anilines is 1. The summed E-state index contributed by atoms with van der Waals surface area (Å²) >= 11 is 0. The van der Waals surface area contributed by atoms with Crippen LogP contribution in [-0.2, 0) is 0 Å². The van der Waals surface area contributed by atoms with E-state index < -0.39 is 0 Å². The molecule has 92 valence electrons. The third-order valence-electron chi connectivity index (χ3n) is 3.67. The lowest BCUT2D eigenvalue weighted by molar-refractivity contribution is 0.357. The Bertz CT molecular complexity index is 566. The number of para-hydroxylation sites is 2. The molecule has 2 aromatic carbocycles. The van der Waals surface area contributed by atoms with E-state index in [-0.39, 0.29) is 10.8 Å². The second-order valence-electron chi connectivity index (χ2n) is 4.87. The molecule has 0 saturated carbocycles. The van der Waals surface area contributed by atoms with E-state index in [1.54, 1.807) is 7.05 Å². The lowest BCUT2D eigenvalue weighted by Gasteiger charge is -2.41. The van der Waals surface area contributed by atoms with Crippen LogP contribution in [0.5, 0.6) is 0 Å². The van der Waals surface area contributed by atoms with Crippen LogP contribution in [-0.4, -0.2) is 14.1 Å².